The Bertz CT molecular complexity index is 1420. The molecule has 1 aromatic carbocycles. The number of anilines is 1. The Labute approximate surface area is 205 Å². The number of imidazole rings is 1. The van der Waals surface area contributed by atoms with E-state index in [1.807, 2.05) is 24.5 Å². The van der Waals surface area contributed by atoms with Crippen LogP contribution in [0.4, 0.5) is 5.69 Å². The zero-order valence-corrected chi connectivity index (χ0v) is 19.8. The number of fused-ring (bicyclic) bond motifs is 3. The van der Waals surface area contributed by atoms with Crippen molar-refractivity contribution in [2.75, 3.05) is 18.0 Å². The highest BCUT2D eigenvalue weighted by atomic mass is 15.2. The van der Waals surface area contributed by atoms with Crippen molar-refractivity contribution in [3.8, 4) is 12.1 Å². The number of rotatable bonds is 4. The van der Waals surface area contributed by atoms with Gasteiger partial charge in [0.05, 0.1) is 29.4 Å². The molecule has 2 aliphatic rings. The largest absolute Gasteiger partial charge is 0.371 e. The molecule has 1 saturated carbocycles. The monoisotopic (exact) mass is 463 g/mol. The lowest BCUT2D eigenvalue weighted by Gasteiger charge is -2.35. The summed E-state index contributed by atoms with van der Waals surface area (Å²) >= 11 is 0. The first-order valence-corrected chi connectivity index (χ1v) is 12.7. The number of nitrogens with one attached hydrogen (secondary N) is 1. The zero-order chi connectivity index (χ0) is 23.8. The fraction of sp³-hybridized carbons (Fsp3) is 0.429. The summed E-state index contributed by atoms with van der Waals surface area (Å²) in [6, 6.07) is 15.0. The molecule has 4 aromatic rings. The summed E-state index contributed by atoms with van der Waals surface area (Å²) in [5, 5.41) is 19.4. The second-order valence-electron chi connectivity index (χ2n) is 10.0. The topological polar surface area (TPSA) is 97.3 Å². The van der Waals surface area contributed by atoms with E-state index < -0.39 is 0 Å². The third-order valence-corrected chi connectivity index (χ3v) is 8.04. The van der Waals surface area contributed by atoms with Gasteiger partial charge in [0.2, 0.25) is 0 Å². The van der Waals surface area contributed by atoms with E-state index in [1.165, 1.54) is 17.0 Å². The van der Waals surface area contributed by atoms with Gasteiger partial charge in [0.1, 0.15) is 17.0 Å². The van der Waals surface area contributed by atoms with Gasteiger partial charge in [-0.3, -0.25) is 0 Å². The van der Waals surface area contributed by atoms with Crippen LogP contribution in [-0.4, -0.2) is 32.6 Å². The van der Waals surface area contributed by atoms with E-state index in [1.54, 1.807) is 0 Å². The highest BCUT2D eigenvalue weighted by molar-refractivity contribution is 6.01. The van der Waals surface area contributed by atoms with Gasteiger partial charge in [0.15, 0.2) is 0 Å². The molecule has 1 aliphatic heterocycles. The summed E-state index contributed by atoms with van der Waals surface area (Å²) in [6.45, 7) is 1.96. The minimum atomic E-state index is 0.405. The molecule has 0 bridgehead atoms. The number of hydrogen-bond acceptors (Lipinski definition) is 5. The average Bonchev–Trinajstić information content (AvgIpc) is 3.54. The molecule has 7 nitrogen and oxygen atoms in total. The smallest absolute Gasteiger partial charge is 0.139 e. The van der Waals surface area contributed by atoms with E-state index >= 15 is 0 Å². The van der Waals surface area contributed by atoms with Crippen molar-refractivity contribution in [3.05, 3.63) is 54.1 Å². The van der Waals surface area contributed by atoms with Crippen LogP contribution in [0.2, 0.25) is 0 Å². The highest BCUT2D eigenvalue weighted by Gasteiger charge is 2.31. The van der Waals surface area contributed by atoms with E-state index in [4.69, 9.17) is 15.5 Å². The van der Waals surface area contributed by atoms with Crippen LogP contribution in [0.1, 0.15) is 68.3 Å². The van der Waals surface area contributed by atoms with Crippen molar-refractivity contribution in [3.63, 3.8) is 0 Å². The summed E-state index contributed by atoms with van der Waals surface area (Å²) < 4.78 is 2.55. The summed E-state index contributed by atoms with van der Waals surface area (Å²) in [5.41, 5.74) is 5.00. The predicted octanol–water partition coefficient (Wildman–Crippen LogP) is 5.81. The number of nitrogens with zero attached hydrogens (tertiary/aromatic N) is 6. The van der Waals surface area contributed by atoms with Crippen LogP contribution in [-0.2, 0) is 0 Å². The van der Waals surface area contributed by atoms with Crippen LogP contribution in [0.3, 0.4) is 0 Å². The van der Waals surface area contributed by atoms with Crippen molar-refractivity contribution in [2.24, 2.45) is 5.92 Å². The van der Waals surface area contributed by atoms with Gasteiger partial charge < -0.3 is 14.5 Å². The molecule has 0 atom stereocenters. The molecule has 4 heterocycles. The van der Waals surface area contributed by atoms with Gasteiger partial charge in [-0.15, -0.1) is 0 Å². The van der Waals surface area contributed by atoms with Crippen molar-refractivity contribution < 1.29 is 0 Å². The maximum absolute atomic E-state index is 9.15. The molecule has 2 fully saturated rings. The van der Waals surface area contributed by atoms with Crippen molar-refractivity contribution in [1.29, 1.82) is 10.5 Å². The van der Waals surface area contributed by atoms with Crippen molar-refractivity contribution in [2.45, 2.75) is 56.9 Å². The van der Waals surface area contributed by atoms with Crippen LogP contribution in [0, 0.1) is 28.6 Å². The van der Waals surface area contributed by atoms with Gasteiger partial charge in [-0.05, 0) is 74.8 Å². The predicted molar refractivity (Wildman–Crippen MR) is 136 cm³/mol. The van der Waals surface area contributed by atoms with Crippen LogP contribution in [0.15, 0.2) is 42.7 Å². The number of aromatic amines is 1. The second-order valence-corrected chi connectivity index (χ2v) is 10.0. The number of nitriles is 2. The number of piperidine rings is 1. The van der Waals surface area contributed by atoms with Crippen LogP contribution in [0.5, 0.6) is 0 Å². The van der Waals surface area contributed by atoms with Crippen molar-refractivity contribution in [1.82, 2.24) is 19.5 Å². The molecular weight excluding hydrogens is 434 g/mol. The van der Waals surface area contributed by atoms with Crippen LogP contribution >= 0.6 is 0 Å². The maximum Gasteiger partial charge on any atom is 0.139 e. The number of benzene rings is 1. The molecular formula is C28H29N7. The van der Waals surface area contributed by atoms with E-state index in [9.17, 15) is 0 Å². The molecule has 0 spiro atoms. The molecule has 0 unspecified atom stereocenters. The molecule has 7 heteroatoms. The Morgan fingerprint density at radius 2 is 1.74 bits per heavy atom. The second kappa shape index (κ2) is 9.07. The lowest BCUT2D eigenvalue weighted by molar-refractivity contribution is 0.273. The quantitative estimate of drug-likeness (QED) is 0.412. The highest BCUT2D eigenvalue weighted by Crippen LogP contribution is 2.41. The summed E-state index contributed by atoms with van der Waals surface area (Å²) in [6.07, 6.45) is 11.1. The summed E-state index contributed by atoms with van der Waals surface area (Å²) in [4.78, 5) is 15.5. The number of hydrogen-bond donors (Lipinski definition) is 1. The number of H-pyrrole nitrogens is 1. The Morgan fingerprint density at radius 1 is 0.971 bits per heavy atom. The lowest BCUT2D eigenvalue weighted by Crippen LogP contribution is -2.34. The summed E-state index contributed by atoms with van der Waals surface area (Å²) in [7, 11) is 0. The van der Waals surface area contributed by atoms with Crippen LogP contribution < -0.4 is 4.90 Å². The normalized spacial score (nSPS) is 21.3. The molecule has 1 N–H and O–H groups in total. The molecule has 1 saturated heterocycles. The maximum atomic E-state index is 9.15. The Morgan fingerprint density at radius 3 is 2.46 bits per heavy atom. The van der Waals surface area contributed by atoms with E-state index in [0.717, 1.165) is 68.2 Å². The van der Waals surface area contributed by atoms with Crippen molar-refractivity contribution >= 4 is 27.8 Å². The first-order valence-electron chi connectivity index (χ1n) is 12.7. The average molecular weight is 464 g/mol. The molecule has 0 amide bonds. The Hall–Kier alpha value is -3.84. The van der Waals surface area contributed by atoms with Gasteiger partial charge in [0, 0.05) is 48.7 Å². The molecule has 176 valence electrons. The Balaban J connectivity index is 1.31. The third-order valence-electron chi connectivity index (χ3n) is 8.04. The number of aromatic nitrogens is 4. The zero-order valence-electron chi connectivity index (χ0n) is 19.8. The number of pyridine rings is 1. The van der Waals surface area contributed by atoms with E-state index in [-0.39, 0.29) is 0 Å². The van der Waals surface area contributed by atoms with E-state index in [0.29, 0.717) is 29.9 Å². The first-order chi connectivity index (χ1) is 17.2. The minimum absolute atomic E-state index is 0.405. The van der Waals surface area contributed by atoms with Gasteiger partial charge in [0.25, 0.3) is 0 Å². The molecule has 0 radical (unpaired) electrons. The van der Waals surface area contributed by atoms with Gasteiger partial charge in [-0.2, -0.15) is 10.5 Å². The molecule has 6 rings (SSSR count). The first kappa shape index (κ1) is 21.7. The fourth-order valence-electron chi connectivity index (χ4n) is 6.15. The lowest BCUT2D eigenvalue weighted by atomic mass is 9.84. The summed E-state index contributed by atoms with van der Waals surface area (Å²) in [5.74, 6) is 2.14. The minimum Gasteiger partial charge on any atom is -0.371 e. The molecule has 35 heavy (non-hydrogen) atoms. The van der Waals surface area contributed by atoms with Gasteiger partial charge >= 0.3 is 0 Å². The van der Waals surface area contributed by atoms with E-state index in [2.05, 4.69) is 49.8 Å². The third kappa shape index (κ3) is 3.91. The fourth-order valence-corrected chi connectivity index (χ4v) is 6.15. The molecule has 1 aliphatic carbocycles. The standard InChI is InChI=1S/C28H29N7/c29-13-9-19-1-7-23(8-2-19)35-26-24-10-14-31-27(24)32-18-25(26)33-28(35)21-11-15-34(16-12-21)22-5-3-20(17-30)4-6-22/h3-6,10,14,18-19,21,23H,1-2,7-9,11-12,15-16H2,(H,31,32). The van der Waals surface area contributed by atoms with Crippen LogP contribution in [0.25, 0.3) is 22.1 Å². The van der Waals surface area contributed by atoms with Gasteiger partial charge in [-0.1, -0.05) is 0 Å². The SMILES string of the molecule is N#CCC1CCC(n2c(C3CCN(c4ccc(C#N)cc4)CC3)nc3cnc4[nH]ccc4c32)CC1. The molecule has 3 aromatic heterocycles. The van der Waals surface area contributed by atoms with Gasteiger partial charge in [-0.25, -0.2) is 9.97 Å². The Kier molecular flexibility index (Phi) is 5.62.